The van der Waals surface area contributed by atoms with E-state index < -0.39 is 17.6 Å². The number of hydrogen-bond donors (Lipinski definition) is 1. The predicted molar refractivity (Wildman–Crippen MR) is 121 cm³/mol. The summed E-state index contributed by atoms with van der Waals surface area (Å²) < 4.78 is 35.5. The fraction of sp³-hybridized carbons (Fsp3) is 0.231. The summed E-state index contributed by atoms with van der Waals surface area (Å²) in [6.07, 6.45) is 3.43. The maximum Gasteiger partial charge on any atom is 0.307 e. The molecule has 0 bridgehead atoms. The van der Waals surface area contributed by atoms with Gasteiger partial charge in [0.1, 0.15) is 23.0 Å². The van der Waals surface area contributed by atoms with Gasteiger partial charge in [-0.05, 0) is 78.4 Å². The van der Waals surface area contributed by atoms with Crippen molar-refractivity contribution in [1.82, 2.24) is 9.55 Å². The van der Waals surface area contributed by atoms with Crippen molar-refractivity contribution in [3.63, 3.8) is 0 Å². The smallest absolute Gasteiger partial charge is 0.307 e. The van der Waals surface area contributed by atoms with E-state index in [1.807, 2.05) is 18.2 Å². The number of carboxylic acid groups (broad SMARTS) is 1. The Labute approximate surface area is 189 Å². The fourth-order valence-corrected chi connectivity index (χ4v) is 4.54. The van der Waals surface area contributed by atoms with E-state index in [2.05, 4.69) is 11.1 Å². The second-order valence-corrected chi connectivity index (χ2v) is 8.31. The highest BCUT2D eigenvalue weighted by molar-refractivity contribution is 5.97. The molecule has 5 nitrogen and oxygen atoms in total. The van der Waals surface area contributed by atoms with Crippen LogP contribution in [-0.2, 0) is 24.2 Å². The van der Waals surface area contributed by atoms with Gasteiger partial charge in [-0.2, -0.15) is 0 Å². The highest BCUT2D eigenvalue weighted by Crippen LogP contribution is 2.37. The summed E-state index contributed by atoms with van der Waals surface area (Å²) in [6.45, 7) is 2.58. The zero-order valence-corrected chi connectivity index (χ0v) is 18.1. The first kappa shape index (κ1) is 21.1. The van der Waals surface area contributed by atoms with Gasteiger partial charge in [0, 0.05) is 22.8 Å². The third-order valence-electron chi connectivity index (χ3n) is 6.09. The van der Waals surface area contributed by atoms with E-state index in [9.17, 15) is 18.7 Å². The summed E-state index contributed by atoms with van der Waals surface area (Å²) in [6, 6.07) is 11.2. The molecule has 0 saturated carbocycles. The Morgan fingerprint density at radius 1 is 1.18 bits per heavy atom. The van der Waals surface area contributed by atoms with Gasteiger partial charge in [-0.15, -0.1) is 0 Å². The second-order valence-electron chi connectivity index (χ2n) is 8.31. The normalized spacial score (nSPS) is 13.1. The molecule has 1 aliphatic heterocycles. The minimum Gasteiger partial charge on any atom is -0.493 e. The Bertz CT molecular complexity index is 1390. The van der Waals surface area contributed by atoms with Crippen molar-refractivity contribution in [2.24, 2.45) is 0 Å². The topological polar surface area (TPSA) is 64.4 Å². The van der Waals surface area contributed by atoms with E-state index >= 15 is 0 Å². The molecule has 2 aromatic heterocycles. The lowest BCUT2D eigenvalue weighted by molar-refractivity contribution is -0.136. The first-order valence-corrected chi connectivity index (χ1v) is 10.8. The molecule has 1 N–H and O–H groups in total. The molecule has 0 amide bonds. The van der Waals surface area contributed by atoms with Gasteiger partial charge in [0.2, 0.25) is 0 Å². The summed E-state index contributed by atoms with van der Waals surface area (Å²) in [5, 5.41) is 10.3. The Morgan fingerprint density at radius 3 is 2.85 bits per heavy atom. The number of carboxylic acids is 1. The van der Waals surface area contributed by atoms with E-state index in [1.165, 1.54) is 6.07 Å². The third-order valence-corrected chi connectivity index (χ3v) is 6.09. The number of nitrogens with zero attached hydrogens (tertiary/aromatic N) is 2. The number of fused-ring (bicyclic) bond motifs is 2. The van der Waals surface area contributed by atoms with Crippen LogP contribution in [-0.4, -0.2) is 27.2 Å². The van der Waals surface area contributed by atoms with Crippen molar-refractivity contribution in [3.05, 3.63) is 82.7 Å². The summed E-state index contributed by atoms with van der Waals surface area (Å²) in [4.78, 5) is 16.3. The molecule has 3 heterocycles. The van der Waals surface area contributed by atoms with Crippen LogP contribution in [0.1, 0.15) is 28.8 Å². The minimum atomic E-state index is -0.942. The second kappa shape index (κ2) is 8.31. The number of halogens is 2. The maximum atomic E-state index is 14.3. The first-order chi connectivity index (χ1) is 15.9. The number of pyridine rings is 1. The SMILES string of the molecule is Cc1nc2c(ccn2Cc2cc(F)ccc2F)c(-c2ccc3c(c2)CCCO3)c1CC(=O)O. The summed E-state index contributed by atoms with van der Waals surface area (Å²) in [5.41, 5.74) is 4.81. The van der Waals surface area contributed by atoms with Crippen molar-refractivity contribution < 1.29 is 23.4 Å². The van der Waals surface area contributed by atoms with Crippen molar-refractivity contribution in [2.45, 2.75) is 32.7 Å². The molecule has 0 unspecified atom stereocenters. The van der Waals surface area contributed by atoms with Crippen molar-refractivity contribution >= 4 is 17.0 Å². The highest BCUT2D eigenvalue weighted by Gasteiger charge is 2.21. The largest absolute Gasteiger partial charge is 0.493 e. The average molecular weight is 448 g/mol. The van der Waals surface area contributed by atoms with Crippen LogP contribution in [0.25, 0.3) is 22.2 Å². The Kier molecular flexibility index (Phi) is 5.32. The summed E-state index contributed by atoms with van der Waals surface area (Å²) in [7, 11) is 0. The standard InChI is InChI=1S/C26H22F2N2O3/c1-15-21(13-24(31)32)25(17-4-7-23-16(11-17)3-2-10-33-23)20-8-9-30(26(20)29-15)14-18-12-19(27)5-6-22(18)28/h4-9,11-12H,2-3,10,13-14H2,1H3,(H,31,32). The van der Waals surface area contributed by atoms with Crippen LogP contribution >= 0.6 is 0 Å². The van der Waals surface area contributed by atoms with Crippen LogP contribution in [0.4, 0.5) is 8.78 Å². The van der Waals surface area contributed by atoms with E-state index in [0.29, 0.717) is 23.5 Å². The van der Waals surface area contributed by atoms with Gasteiger partial charge in [-0.1, -0.05) is 6.07 Å². The molecule has 168 valence electrons. The van der Waals surface area contributed by atoms with Gasteiger partial charge in [-0.3, -0.25) is 4.79 Å². The van der Waals surface area contributed by atoms with E-state index in [1.54, 1.807) is 17.7 Å². The third kappa shape index (κ3) is 3.95. The minimum absolute atomic E-state index is 0.106. The summed E-state index contributed by atoms with van der Waals surface area (Å²) in [5.74, 6) is -1.09. The average Bonchev–Trinajstić information content (AvgIpc) is 3.18. The number of aryl methyl sites for hydroxylation is 2. The van der Waals surface area contributed by atoms with Crippen molar-refractivity contribution in [1.29, 1.82) is 0 Å². The molecule has 2 aromatic carbocycles. The summed E-state index contributed by atoms with van der Waals surface area (Å²) >= 11 is 0. The Morgan fingerprint density at radius 2 is 2.03 bits per heavy atom. The van der Waals surface area contributed by atoms with Crippen LogP contribution in [0, 0.1) is 18.6 Å². The predicted octanol–water partition coefficient (Wildman–Crippen LogP) is 5.29. The van der Waals surface area contributed by atoms with Gasteiger partial charge in [-0.25, -0.2) is 13.8 Å². The number of hydrogen-bond acceptors (Lipinski definition) is 3. The first-order valence-electron chi connectivity index (χ1n) is 10.8. The van der Waals surface area contributed by atoms with E-state index in [0.717, 1.165) is 52.8 Å². The number of ether oxygens (including phenoxy) is 1. The number of rotatable bonds is 5. The molecule has 0 spiro atoms. The molecule has 0 fully saturated rings. The monoisotopic (exact) mass is 448 g/mol. The Balaban J connectivity index is 1.69. The van der Waals surface area contributed by atoms with Gasteiger partial charge >= 0.3 is 5.97 Å². The lowest BCUT2D eigenvalue weighted by Crippen LogP contribution is -2.10. The quantitative estimate of drug-likeness (QED) is 0.451. The van der Waals surface area contributed by atoms with Crippen molar-refractivity contribution in [3.8, 4) is 16.9 Å². The molecule has 0 radical (unpaired) electrons. The highest BCUT2D eigenvalue weighted by atomic mass is 19.1. The molecule has 0 aliphatic carbocycles. The van der Waals surface area contributed by atoms with Crippen LogP contribution in [0.5, 0.6) is 5.75 Å². The van der Waals surface area contributed by atoms with Crippen LogP contribution in [0.15, 0.2) is 48.7 Å². The molecule has 5 rings (SSSR count). The molecule has 1 aliphatic rings. The molecule has 0 atom stereocenters. The fourth-order valence-electron chi connectivity index (χ4n) is 4.54. The van der Waals surface area contributed by atoms with E-state index in [4.69, 9.17) is 4.74 Å². The van der Waals surface area contributed by atoms with Crippen LogP contribution in [0.2, 0.25) is 0 Å². The molecule has 7 heteroatoms. The number of benzene rings is 2. The zero-order chi connectivity index (χ0) is 23.1. The van der Waals surface area contributed by atoms with Gasteiger partial charge in [0.25, 0.3) is 0 Å². The molecular formula is C26H22F2N2O3. The number of aromatic nitrogens is 2. The zero-order valence-electron chi connectivity index (χ0n) is 18.1. The lowest BCUT2D eigenvalue weighted by atomic mass is 9.92. The molecule has 33 heavy (non-hydrogen) atoms. The van der Waals surface area contributed by atoms with Crippen molar-refractivity contribution in [2.75, 3.05) is 6.61 Å². The molecular weight excluding hydrogens is 426 g/mol. The van der Waals surface area contributed by atoms with E-state index in [-0.39, 0.29) is 18.5 Å². The Hall–Kier alpha value is -3.74. The number of aliphatic carboxylic acids is 1. The van der Waals surface area contributed by atoms with Gasteiger partial charge in [0.15, 0.2) is 0 Å². The lowest BCUT2D eigenvalue weighted by Gasteiger charge is -2.20. The van der Waals surface area contributed by atoms with Crippen LogP contribution in [0.3, 0.4) is 0 Å². The molecule has 4 aromatic rings. The van der Waals surface area contributed by atoms with Gasteiger partial charge < -0.3 is 14.4 Å². The van der Waals surface area contributed by atoms with Crippen LogP contribution < -0.4 is 4.74 Å². The molecule has 0 saturated heterocycles. The maximum absolute atomic E-state index is 14.3. The van der Waals surface area contributed by atoms with Gasteiger partial charge in [0.05, 0.1) is 19.6 Å². The number of carbonyl (C=O) groups is 1.